The molecule has 1 aliphatic heterocycles. The van der Waals surface area contributed by atoms with E-state index in [9.17, 15) is 10.4 Å². The van der Waals surface area contributed by atoms with Crippen molar-refractivity contribution in [2.75, 3.05) is 11.5 Å². The third-order valence-electron chi connectivity index (χ3n) is 4.52. The molecule has 0 spiro atoms. The molecule has 1 fully saturated rings. The van der Waals surface area contributed by atoms with Gasteiger partial charge in [0.05, 0.1) is 18.7 Å². The zero-order chi connectivity index (χ0) is 17.1. The number of benzene rings is 1. The van der Waals surface area contributed by atoms with Crippen molar-refractivity contribution in [1.29, 1.82) is 5.26 Å². The molecule has 124 valence electrons. The van der Waals surface area contributed by atoms with Crippen LogP contribution in [0.1, 0.15) is 35.8 Å². The summed E-state index contributed by atoms with van der Waals surface area (Å²) in [6.45, 7) is 4.10. The van der Waals surface area contributed by atoms with Crippen LogP contribution in [0.15, 0.2) is 36.5 Å². The minimum Gasteiger partial charge on any atom is -0.394 e. The molecule has 1 N–H and O–H groups in total. The number of aliphatic hydroxyl groups is 1. The lowest BCUT2D eigenvalue weighted by Crippen LogP contribution is -2.63. The SMILES string of the molecule is C/C=C/c1ccc([C@H]2[C@@H](CO)N(c3ncc(CC)s3)[C@H]2C#N)cc1. The van der Waals surface area contributed by atoms with E-state index in [2.05, 4.69) is 42.2 Å². The third kappa shape index (κ3) is 2.83. The van der Waals surface area contributed by atoms with Gasteiger partial charge in [-0.1, -0.05) is 43.3 Å². The molecule has 1 aromatic heterocycles. The van der Waals surface area contributed by atoms with Gasteiger partial charge in [-0.15, -0.1) is 11.3 Å². The Kier molecular flexibility index (Phi) is 4.98. The highest BCUT2D eigenvalue weighted by atomic mass is 32.1. The number of aryl methyl sites for hydroxylation is 1. The molecule has 4 nitrogen and oxygen atoms in total. The first kappa shape index (κ1) is 16.7. The monoisotopic (exact) mass is 339 g/mol. The Labute approximate surface area is 146 Å². The first-order valence-electron chi connectivity index (χ1n) is 8.19. The molecule has 0 saturated carbocycles. The molecule has 0 amide bonds. The molecule has 3 rings (SSSR count). The van der Waals surface area contributed by atoms with Crippen LogP contribution in [0, 0.1) is 11.3 Å². The van der Waals surface area contributed by atoms with Crippen molar-refractivity contribution in [2.24, 2.45) is 0 Å². The predicted octanol–water partition coefficient (Wildman–Crippen LogP) is 3.60. The van der Waals surface area contributed by atoms with E-state index < -0.39 is 0 Å². The number of aromatic nitrogens is 1. The summed E-state index contributed by atoms with van der Waals surface area (Å²) in [5.41, 5.74) is 2.23. The fourth-order valence-corrected chi connectivity index (χ4v) is 4.22. The highest BCUT2D eigenvalue weighted by Gasteiger charge is 2.50. The van der Waals surface area contributed by atoms with E-state index in [-0.39, 0.29) is 24.6 Å². The summed E-state index contributed by atoms with van der Waals surface area (Å²) in [6, 6.07) is 10.2. The Balaban J connectivity index is 1.87. The van der Waals surface area contributed by atoms with Crippen molar-refractivity contribution in [3.63, 3.8) is 0 Å². The van der Waals surface area contributed by atoms with Crippen molar-refractivity contribution >= 4 is 22.5 Å². The summed E-state index contributed by atoms with van der Waals surface area (Å²) in [4.78, 5) is 7.60. The smallest absolute Gasteiger partial charge is 0.186 e. The normalized spacial score (nSPS) is 23.2. The van der Waals surface area contributed by atoms with Gasteiger partial charge in [0, 0.05) is 17.0 Å². The van der Waals surface area contributed by atoms with Gasteiger partial charge in [0.2, 0.25) is 0 Å². The maximum atomic E-state index is 9.88. The predicted molar refractivity (Wildman–Crippen MR) is 98.1 cm³/mol. The van der Waals surface area contributed by atoms with Gasteiger partial charge in [-0.25, -0.2) is 4.98 Å². The average molecular weight is 339 g/mol. The van der Waals surface area contributed by atoms with Gasteiger partial charge in [0.15, 0.2) is 5.13 Å². The minimum atomic E-state index is -0.287. The molecule has 0 unspecified atom stereocenters. The quantitative estimate of drug-likeness (QED) is 0.904. The van der Waals surface area contributed by atoms with Gasteiger partial charge in [0.1, 0.15) is 6.04 Å². The minimum absolute atomic E-state index is 0.00799. The molecule has 0 bridgehead atoms. The molecular weight excluding hydrogens is 318 g/mol. The van der Waals surface area contributed by atoms with Crippen molar-refractivity contribution in [3.05, 3.63) is 52.5 Å². The zero-order valence-electron chi connectivity index (χ0n) is 13.9. The number of hydrogen-bond acceptors (Lipinski definition) is 5. The van der Waals surface area contributed by atoms with E-state index in [1.807, 2.05) is 30.2 Å². The summed E-state index contributed by atoms with van der Waals surface area (Å²) in [5.74, 6) is 0.00799. The first-order valence-corrected chi connectivity index (χ1v) is 9.01. The van der Waals surface area contributed by atoms with Crippen LogP contribution in [0.4, 0.5) is 5.13 Å². The number of anilines is 1. The largest absolute Gasteiger partial charge is 0.394 e. The maximum absolute atomic E-state index is 9.88. The van der Waals surface area contributed by atoms with Crippen molar-refractivity contribution in [3.8, 4) is 6.07 Å². The number of nitriles is 1. The van der Waals surface area contributed by atoms with Gasteiger partial charge < -0.3 is 10.0 Å². The van der Waals surface area contributed by atoms with Crippen LogP contribution in [0.2, 0.25) is 0 Å². The lowest BCUT2D eigenvalue weighted by Gasteiger charge is -2.51. The van der Waals surface area contributed by atoms with Crippen LogP contribution >= 0.6 is 11.3 Å². The Morgan fingerprint density at radius 2 is 2.12 bits per heavy atom. The van der Waals surface area contributed by atoms with Gasteiger partial charge in [-0.3, -0.25) is 0 Å². The van der Waals surface area contributed by atoms with Crippen molar-refractivity contribution in [1.82, 2.24) is 4.98 Å². The second-order valence-corrected chi connectivity index (χ2v) is 6.98. The average Bonchev–Trinajstić information content (AvgIpc) is 3.05. The second-order valence-electron chi connectivity index (χ2n) is 5.89. The molecule has 1 saturated heterocycles. The Hall–Kier alpha value is -2.16. The van der Waals surface area contributed by atoms with Gasteiger partial charge in [-0.05, 0) is 24.5 Å². The van der Waals surface area contributed by atoms with Crippen LogP contribution < -0.4 is 4.90 Å². The van der Waals surface area contributed by atoms with Crippen LogP contribution in [0.5, 0.6) is 0 Å². The summed E-state index contributed by atoms with van der Waals surface area (Å²) in [5, 5.41) is 20.4. The summed E-state index contributed by atoms with van der Waals surface area (Å²) in [6.07, 6.45) is 6.84. The Morgan fingerprint density at radius 1 is 1.38 bits per heavy atom. The fraction of sp³-hybridized carbons (Fsp3) is 0.368. The number of thiazole rings is 1. The first-order chi connectivity index (χ1) is 11.7. The van der Waals surface area contributed by atoms with E-state index in [0.29, 0.717) is 0 Å². The Morgan fingerprint density at radius 3 is 2.67 bits per heavy atom. The van der Waals surface area contributed by atoms with E-state index in [0.717, 1.165) is 22.7 Å². The molecule has 1 aromatic carbocycles. The number of nitrogens with zero attached hydrogens (tertiary/aromatic N) is 3. The van der Waals surface area contributed by atoms with Gasteiger partial charge >= 0.3 is 0 Å². The number of rotatable bonds is 5. The fourth-order valence-electron chi connectivity index (χ4n) is 3.27. The van der Waals surface area contributed by atoms with E-state index >= 15 is 0 Å². The molecule has 24 heavy (non-hydrogen) atoms. The van der Waals surface area contributed by atoms with Gasteiger partial charge in [0.25, 0.3) is 0 Å². The van der Waals surface area contributed by atoms with Crippen LogP contribution in [0.25, 0.3) is 6.08 Å². The molecule has 5 heteroatoms. The molecular formula is C19H21N3OS. The molecule has 1 aliphatic rings. The van der Waals surface area contributed by atoms with Crippen LogP contribution in [-0.4, -0.2) is 28.8 Å². The van der Waals surface area contributed by atoms with Crippen LogP contribution in [-0.2, 0) is 6.42 Å². The van der Waals surface area contributed by atoms with E-state index in [1.165, 1.54) is 4.88 Å². The maximum Gasteiger partial charge on any atom is 0.186 e. The molecule has 2 heterocycles. The topological polar surface area (TPSA) is 60.1 Å². The number of allylic oxidation sites excluding steroid dienone is 1. The zero-order valence-corrected chi connectivity index (χ0v) is 14.7. The lowest BCUT2D eigenvalue weighted by molar-refractivity contribution is 0.187. The summed E-state index contributed by atoms with van der Waals surface area (Å²) >= 11 is 1.60. The Bertz CT molecular complexity index is 760. The highest BCUT2D eigenvalue weighted by Crippen LogP contribution is 2.44. The van der Waals surface area contributed by atoms with Crippen molar-refractivity contribution < 1.29 is 5.11 Å². The molecule has 0 aliphatic carbocycles. The highest BCUT2D eigenvalue weighted by molar-refractivity contribution is 7.15. The van der Waals surface area contributed by atoms with Gasteiger partial charge in [-0.2, -0.15) is 5.26 Å². The molecule has 3 atom stereocenters. The number of aliphatic hydroxyl groups excluding tert-OH is 1. The van der Waals surface area contributed by atoms with Crippen molar-refractivity contribution in [2.45, 2.75) is 38.3 Å². The lowest BCUT2D eigenvalue weighted by atomic mass is 9.76. The molecule has 2 aromatic rings. The summed E-state index contributed by atoms with van der Waals surface area (Å²) in [7, 11) is 0. The van der Waals surface area contributed by atoms with E-state index in [1.54, 1.807) is 11.3 Å². The second kappa shape index (κ2) is 7.16. The standard InChI is InChI=1S/C19H21N3OS/c1-3-5-13-6-8-14(9-7-13)18-16(10-20)22(17(18)12-23)19-21-11-15(4-2)24-19/h3,5-9,11,16-18,23H,4,12H2,1-2H3/b5-3+/t16-,17+,18+/m0/s1. The van der Waals surface area contributed by atoms with E-state index in [4.69, 9.17) is 0 Å². The third-order valence-corrected chi connectivity index (χ3v) is 5.68. The van der Waals surface area contributed by atoms with Crippen LogP contribution in [0.3, 0.4) is 0 Å². The number of hydrogen-bond donors (Lipinski definition) is 1. The summed E-state index contributed by atoms with van der Waals surface area (Å²) < 4.78 is 0. The molecule has 0 radical (unpaired) electrons.